The monoisotopic (exact) mass is 407 g/mol. The minimum Gasteiger partial charge on any atom is -0.360 e. The fourth-order valence-corrected chi connectivity index (χ4v) is 4.87. The van der Waals surface area contributed by atoms with Crippen molar-refractivity contribution in [1.29, 1.82) is 0 Å². The molecule has 0 saturated heterocycles. The number of carbonyl (C=O) groups excluding carboxylic acids is 1. The molecule has 1 aromatic carbocycles. The van der Waals surface area contributed by atoms with Gasteiger partial charge in [-0.2, -0.15) is 0 Å². The summed E-state index contributed by atoms with van der Waals surface area (Å²) in [7, 11) is 0. The number of hydrazine groups is 1. The smallest absolute Gasteiger partial charge is 0.328 e. The lowest BCUT2D eigenvalue weighted by Gasteiger charge is -2.23. The highest BCUT2D eigenvalue weighted by atomic mass is 16.2. The minimum atomic E-state index is -0.345. The Morgan fingerprint density at radius 1 is 1.07 bits per heavy atom. The topological polar surface area (TPSA) is 112 Å². The van der Waals surface area contributed by atoms with Crippen LogP contribution in [0.2, 0.25) is 0 Å². The van der Waals surface area contributed by atoms with Gasteiger partial charge in [0.05, 0.1) is 11.6 Å². The van der Waals surface area contributed by atoms with Crippen LogP contribution in [0.25, 0.3) is 10.9 Å². The molecular formula is C22H25N5O3. The minimum absolute atomic E-state index is 0.00566. The van der Waals surface area contributed by atoms with Crippen LogP contribution in [0.5, 0.6) is 0 Å². The van der Waals surface area contributed by atoms with Crippen molar-refractivity contribution in [2.75, 3.05) is 0 Å². The van der Waals surface area contributed by atoms with E-state index >= 15 is 0 Å². The molecule has 156 valence electrons. The van der Waals surface area contributed by atoms with Gasteiger partial charge in [0.25, 0.3) is 11.5 Å². The molecule has 0 aliphatic heterocycles. The molecule has 1 atom stereocenters. The zero-order valence-electron chi connectivity index (χ0n) is 16.7. The second kappa shape index (κ2) is 7.60. The SMILES string of the molecule is O=C(NNC1CCc2c1[nH]c(=O)n(C1CCCCC1)c2=O)c1c[nH]c2ccccc12. The first-order valence-corrected chi connectivity index (χ1v) is 10.6. The Balaban J connectivity index is 1.35. The van der Waals surface area contributed by atoms with Gasteiger partial charge in [0, 0.05) is 34.4 Å². The predicted molar refractivity (Wildman–Crippen MR) is 113 cm³/mol. The van der Waals surface area contributed by atoms with Gasteiger partial charge in [-0.25, -0.2) is 10.2 Å². The zero-order valence-corrected chi connectivity index (χ0v) is 16.7. The maximum absolute atomic E-state index is 13.0. The van der Waals surface area contributed by atoms with Crippen LogP contribution in [0.3, 0.4) is 0 Å². The van der Waals surface area contributed by atoms with Crippen LogP contribution in [0.1, 0.15) is 72.2 Å². The van der Waals surface area contributed by atoms with E-state index in [0.717, 1.165) is 43.0 Å². The molecule has 1 saturated carbocycles. The summed E-state index contributed by atoms with van der Waals surface area (Å²) in [6, 6.07) is 7.29. The van der Waals surface area contributed by atoms with Crippen LogP contribution in [-0.2, 0) is 6.42 Å². The van der Waals surface area contributed by atoms with E-state index in [0.29, 0.717) is 29.7 Å². The molecule has 3 aromatic rings. The van der Waals surface area contributed by atoms with Crippen molar-refractivity contribution in [3.8, 4) is 0 Å². The van der Waals surface area contributed by atoms with Crippen LogP contribution < -0.4 is 22.1 Å². The summed E-state index contributed by atoms with van der Waals surface area (Å²) in [5, 5.41) is 0.840. The quantitative estimate of drug-likeness (QED) is 0.498. The molecule has 1 fully saturated rings. The van der Waals surface area contributed by atoms with Crippen molar-refractivity contribution in [3.05, 3.63) is 68.1 Å². The van der Waals surface area contributed by atoms with Gasteiger partial charge >= 0.3 is 5.69 Å². The van der Waals surface area contributed by atoms with Crippen molar-refractivity contribution >= 4 is 16.8 Å². The molecule has 8 heteroatoms. The van der Waals surface area contributed by atoms with Gasteiger partial charge in [0.2, 0.25) is 0 Å². The van der Waals surface area contributed by atoms with Crippen molar-refractivity contribution in [3.63, 3.8) is 0 Å². The number of nitrogens with zero attached hydrogens (tertiary/aromatic N) is 1. The molecule has 2 aromatic heterocycles. The van der Waals surface area contributed by atoms with Gasteiger partial charge in [0.15, 0.2) is 0 Å². The third kappa shape index (κ3) is 3.17. The number of aromatic amines is 2. The largest absolute Gasteiger partial charge is 0.360 e. The number of rotatable bonds is 4. The van der Waals surface area contributed by atoms with Crippen molar-refractivity contribution in [1.82, 2.24) is 25.4 Å². The Labute approximate surface area is 172 Å². The Bertz CT molecular complexity index is 1220. The van der Waals surface area contributed by atoms with Crippen LogP contribution in [0, 0.1) is 0 Å². The van der Waals surface area contributed by atoms with Crippen LogP contribution in [0.4, 0.5) is 0 Å². The van der Waals surface area contributed by atoms with Crippen molar-refractivity contribution < 1.29 is 4.79 Å². The molecule has 0 radical (unpaired) electrons. The van der Waals surface area contributed by atoms with Gasteiger partial charge in [0.1, 0.15) is 0 Å². The van der Waals surface area contributed by atoms with E-state index < -0.39 is 0 Å². The number of nitrogens with one attached hydrogen (secondary N) is 4. The number of para-hydroxylation sites is 1. The number of aromatic nitrogens is 3. The summed E-state index contributed by atoms with van der Waals surface area (Å²) >= 11 is 0. The first-order valence-electron chi connectivity index (χ1n) is 10.6. The Kier molecular flexibility index (Phi) is 4.78. The molecule has 0 spiro atoms. The summed E-state index contributed by atoms with van der Waals surface area (Å²) in [6.45, 7) is 0. The first kappa shape index (κ1) is 18.9. The molecule has 2 heterocycles. The van der Waals surface area contributed by atoms with Crippen LogP contribution in [-0.4, -0.2) is 20.4 Å². The molecule has 5 rings (SSSR count). The highest BCUT2D eigenvalue weighted by molar-refractivity contribution is 6.06. The number of H-pyrrole nitrogens is 2. The van der Waals surface area contributed by atoms with E-state index in [1.807, 2.05) is 24.3 Å². The molecule has 0 bridgehead atoms. The average Bonchev–Trinajstić information content (AvgIpc) is 3.37. The fraction of sp³-hybridized carbons (Fsp3) is 0.409. The van der Waals surface area contributed by atoms with E-state index in [1.165, 1.54) is 4.57 Å². The maximum atomic E-state index is 13.0. The van der Waals surface area contributed by atoms with Gasteiger partial charge in [-0.3, -0.25) is 19.6 Å². The molecule has 4 N–H and O–H groups in total. The third-order valence-electron chi connectivity index (χ3n) is 6.43. The molecule has 2 aliphatic rings. The predicted octanol–water partition coefficient (Wildman–Crippen LogP) is 2.44. The molecular weight excluding hydrogens is 382 g/mol. The molecule has 8 nitrogen and oxygen atoms in total. The summed E-state index contributed by atoms with van der Waals surface area (Å²) in [6.07, 6.45) is 7.93. The number of carbonyl (C=O) groups is 1. The molecule has 1 amide bonds. The number of fused-ring (bicyclic) bond motifs is 2. The lowest BCUT2D eigenvalue weighted by molar-refractivity contribution is 0.0926. The normalized spacial score (nSPS) is 19.1. The van der Waals surface area contributed by atoms with Gasteiger partial charge in [-0.1, -0.05) is 37.5 Å². The van der Waals surface area contributed by atoms with E-state index in [-0.39, 0.29) is 29.2 Å². The number of hydrogen-bond acceptors (Lipinski definition) is 4. The second-order valence-electron chi connectivity index (χ2n) is 8.23. The summed E-state index contributed by atoms with van der Waals surface area (Å²) in [5.74, 6) is -0.265. The molecule has 2 aliphatic carbocycles. The Hall–Kier alpha value is -3.13. The Morgan fingerprint density at radius 3 is 2.70 bits per heavy atom. The van der Waals surface area contributed by atoms with Crippen molar-refractivity contribution in [2.24, 2.45) is 0 Å². The summed E-state index contributed by atoms with van der Waals surface area (Å²) in [5.41, 5.74) is 7.91. The highest BCUT2D eigenvalue weighted by Gasteiger charge is 2.30. The molecule has 30 heavy (non-hydrogen) atoms. The third-order valence-corrected chi connectivity index (χ3v) is 6.43. The first-order chi connectivity index (χ1) is 14.6. The number of hydrogen-bond donors (Lipinski definition) is 4. The lowest BCUT2D eigenvalue weighted by Crippen LogP contribution is -2.43. The number of benzene rings is 1. The van der Waals surface area contributed by atoms with Crippen LogP contribution >= 0.6 is 0 Å². The summed E-state index contributed by atoms with van der Waals surface area (Å²) < 4.78 is 1.42. The lowest BCUT2D eigenvalue weighted by atomic mass is 9.95. The van der Waals surface area contributed by atoms with E-state index in [9.17, 15) is 14.4 Å². The van der Waals surface area contributed by atoms with E-state index in [2.05, 4.69) is 20.8 Å². The Morgan fingerprint density at radius 2 is 1.87 bits per heavy atom. The second-order valence-corrected chi connectivity index (χ2v) is 8.23. The molecule has 1 unspecified atom stereocenters. The van der Waals surface area contributed by atoms with E-state index in [1.54, 1.807) is 6.20 Å². The van der Waals surface area contributed by atoms with Crippen molar-refractivity contribution in [2.45, 2.75) is 57.0 Å². The standard InChI is InChI=1S/C22H25N5O3/c28-20(16-12-23-17-9-5-4-8-14(16)17)26-25-18-11-10-15-19(18)24-22(30)27(21(15)29)13-6-2-1-3-7-13/h4-5,8-9,12-13,18,23,25H,1-3,6-7,10-11H2,(H,24,30)(H,26,28). The van der Waals surface area contributed by atoms with Gasteiger partial charge in [-0.15, -0.1) is 0 Å². The average molecular weight is 407 g/mol. The maximum Gasteiger partial charge on any atom is 0.328 e. The summed E-state index contributed by atoms with van der Waals surface area (Å²) in [4.78, 5) is 44.4. The van der Waals surface area contributed by atoms with E-state index in [4.69, 9.17) is 0 Å². The van der Waals surface area contributed by atoms with Gasteiger partial charge < -0.3 is 9.97 Å². The van der Waals surface area contributed by atoms with Gasteiger partial charge in [-0.05, 0) is 31.7 Å². The zero-order chi connectivity index (χ0) is 20.7. The highest BCUT2D eigenvalue weighted by Crippen LogP contribution is 2.29. The number of amides is 1. The fourth-order valence-electron chi connectivity index (χ4n) is 4.87. The van der Waals surface area contributed by atoms with Crippen LogP contribution in [0.15, 0.2) is 40.1 Å².